The number of methoxy groups -OCH3 is 2. The van der Waals surface area contributed by atoms with Crippen molar-refractivity contribution in [2.45, 2.75) is 6.54 Å². The number of thiazole rings is 1. The quantitative estimate of drug-likeness (QED) is 0.346. The van der Waals surface area contributed by atoms with Gasteiger partial charge in [-0.2, -0.15) is 0 Å². The van der Waals surface area contributed by atoms with Gasteiger partial charge >= 0.3 is 5.97 Å². The molecule has 0 fully saturated rings. The van der Waals surface area contributed by atoms with Crippen LogP contribution in [0.4, 0.5) is 5.13 Å². The van der Waals surface area contributed by atoms with Crippen molar-refractivity contribution in [3.8, 4) is 5.75 Å². The Labute approximate surface area is 194 Å². The first-order valence-electron chi connectivity index (χ1n) is 9.69. The van der Waals surface area contributed by atoms with Gasteiger partial charge < -0.3 is 9.47 Å². The van der Waals surface area contributed by atoms with Crippen LogP contribution in [0.5, 0.6) is 5.75 Å². The number of benzene rings is 3. The van der Waals surface area contributed by atoms with Gasteiger partial charge in [0.05, 0.1) is 41.6 Å². The molecule has 0 saturated heterocycles. The summed E-state index contributed by atoms with van der Waals surface area (Å²) in [5, 5.41) is 0.964. The highest BCUT2D eigenvalue weighted by molar-refractivity contribution is 7.23. The third-order valence-electron chi connectivity index (χ3n) is 4.89. The second-order valence-corrected chi connectivity index (χ2v) is 8.22. The van der Waals surface area contributed by atoms with Gasteiger partial charge in [0.25, 0.3) is 5.91 Å². The molecule has 32 heavy (non-hydrogen) atoms. The number of fused-ring (bicyclic) bond motifs is 1. The highest BCUT2D eigenvalue weighted by Gasteiger charge is 2.27. The van der Waals surface area contributed by atoms with Crippen molar-refractivity contribution in [2.24, 2.45) is 0 Å². The van der Waals surface area contributed by atoms with Crippen LogP contribution < -0.4 is 9.64 Å². The number of hydrogen-bond acceptors (Lipinski definition) is 6. The van der Waals surface area contributed by atoms with E-state index in [1.807, 2.05) is 30.3 Å². The van der Waals surface area contributed by atoms with Crippen LogP contribution in [0.25, 0.3) is 10.2 Å². The van der Waals surface area contributed by atoms with Crippen LogP contribution >= 0.6 is 22.9 Å². The van der Waals surface area contributed by atoms with E-state index in [1.165, 1.54) is 23.3 Å². The number of rotatable bonds is 6. The number of carbonyl (C=O) groups excluding carboxylic acids is 2. The molecule has 6 nitrogen and oxygen atoms in total. The monoisotopic (exact) mass is 466 g/mol. The molecule has 4 aromatic rings. The van der Waals surface area contributed by atoms with Gasteiger partial charge in [-0.1, -0.05) is 65.4 Å². The predicted octanol–water partition coefficient (Wildman–Crippen LogP) is 5.59. The minimum atomic E-state index is -0.581. The summed E-state index contributed by atoms with van der Waals surface area (Å²) in [7, 11) is 2.84. The zero-order valence-electron chi connectivity index (χ0n) is 17.4. The molecular weight excluding hydrogens is 448 g/mol. The van der Waals surface area contributed by atoms with Gasteiger partial charge in [-0.05, 0) is 29.8 Å². The molecule has 0 radical (unpaired) electrons. The van der Waals surface area contributed by atoms with Crippen molar-refractivity contribution in [3.05, 3.63) is 88.4 Å². The predicted molar refractivity (Wildman–Crippen MR) is 126 cm³/mol. The van der Waals surface area contributed by atoms with Gasteiger partial charge in [-0.25, -0.2) is 9.78 Å². The molecule has 4 rings (SSSR count). The average molecular weight is 467 g/mol. The van der Waals surface area contributed by atoms with E-state index < -0.39 is 5.97 Å². The summed E-state index contributed by atoms with van der Waals surface area (Å²) in [6, 6.07) is 19.6. The van der Waals surface area contributed by atoms with E-state index in [2.05, 4.69) is 4.98 Å². The van der Waals surface area contributed by atoms with Crippen molar-refractivity contribution in [3.63, 3.8) is 0 Å². The van der Waals surface area contributed by atoms with Crippen LogP contribution in [0.3, 0.4) is 0 Å². The number of carbonyl (C=O) groups is 2. The number of hydrogen-bond donors (Lipinski definition) is 0. The molecule has 1 amide bonds. The van der Waals surface area contributed by atoms with E-state index in [0.29, 0.717) is 26.1 Å². The van der Waals surface area contributed by atoms with Crippen LogP contribution in [0, 0.1) is 0 Å². The number of halogens is 1. The highest BCUT2D eigenvalue weighted by Crippen LogP contribution is 2.39. The fourth-order valence-electron chi connectivity index (χ4n) is 3.32. The molecule has 0 atom stereocenters. The van der Waals surface area contributed by atoms with Crippen molar-refractivity contribution < 1.29 is 19.1 Å². The van der Waals surface area contributed by atoms with Crippen molar-refractivity contribution in [2.75, 3.05) is 19.1 Å². The number of amides is 1. The van der Waals surface area contributed by atoms with Gasteiger partial charge in [0.15, 0.2) is 5.13 Å². The maximum atomic E-state index is 13.7. The minimum Gasteiger partial charge on any atom is -0.494 e. The number of ether oxygens (including phenoxy) is 2. The van der Waals surface area contributed by atoms with E-state index in [9.17, 15) is 9.59 Å². The minimum absolute atomic E-state index is 0.190. The molecule has 1 aromatic heterocycles. The maximum Gasteiger partial charge on any atom is 0.338 e. The fourth-order valence-corrected chi connectivity index (χ4v) is 4.57. The topological polar surface area (TPSA) is 68.7 Å². The maximum absolute atomic E-state index is 13.7. The Morgan fingerprint density at radius 1 is 0.969 bits per heavy atom. The Balaban J connectivity index is 1.86. The lowest BCUT2D eigenvalue weighted by molar-refractivity contribution is 0.0597. The third kappa shape index (κ3) is 4.17. The molecule has 162 valence electrons. The normalized spacial score (nSPS) is 10.7. The molecule has 0 bridgehead atoms. The van der Waals surface area contributed by atoms with E-state index in [4.69, 9.17) is 21.1 Å². The Kier molecular flexibility index (Phi) is 6.39. The van der Waals surface area contributed by atoms with Crippen LogP contribution in [0.15, 0.2) is 66.7 Å². The molecule has 0 unspecified atom stereocenters. The smallest absolute Gasteiger partial charge is 0.338 e. The first kappa shape index (κ1) is 21.8. The standard InChI is InChI=1S/C24H19ClN2O4S/c1-30-19-13-12-18(25)21-20(19)26-24(32-21)27(14-15-8-4-3-5-9-15)22(28)16-10-6-7-11-17(16)23(29)31-2/h3-13H,14H2,1-2H3. The van der Waals surface area contributed by atoms with E-state index >= 15 is 0 Å². The van der Waals surface area contributed by atoms with Gasteiger partial charge in [-0.15, -0.1) is 0 Å². The summed E-state index contributed by atoms with van der Waals surface area (Å²) in [6.07, 6.45) is 0. The summed E-state index contributed by atoms with van der Waals surface area (Å²) >= 11 is 7.69. The molecule has 0 spiro atoms. The fraction of sp³-hybridized carbons (Fsp3) is 0.125. The molecule has 0 saturated carbocycles. The number of aromatic nitrogens is 1. The molecule has 1 heterocycles. The summed E-state index contributed by atoms with van der Waals surface area (Å²) in [5.74, 6) is -0.388. The van der Waals surface area contributed by atoms with Crippen LogP contribution in [-0.2, 0) is 11.3 Å². The van der Waals surface area contributed by atoms with Crippen molar-refractivity contribution >= 4 is 50.2 Å². The first-order valence-corrected chi connectivity index (χ1v) is 10.9. The van der Waals surface area contributed by atoms with Crippen LogP contribution in [-0.4, -0.2) is 31.1 Å². The lowest BCUT2D eigenvalue weighted by atomic mass is 10.1. The molecular formula is C24H19ClN2O4S. The lowest BCUT2D eigenvalue weighted by Crippen LogP contribution is -2.31. The van der Waals surface area contributed by atoms with Crippen molar-refractivity contribution in [1.29, 1.82) is 0 Å². The molecule has 0 aliphatic heterocycles. The second kappa shape index (κ2) is 9.38. The third-order valence-corrected chi connectivity index (χ3v) is 6.43. The summed E-state index contributed by atoms with van der Waals surface area (Å²) in [4.78, 5) is 32.2. The Morgan fingerprint density at radius 3 is 2.34 bits per heavy atom. The van der Waals surface area contributed by atoms with Gasteiger partial charge in [-0.3, -0.25) is 9.69 Å². The van der Waals surface area contributed by atoms with E-state index in [1.54, 1.807) is 43.5 Å². The molecule has 0 aliphatic carbocycles. The SMILES string of the molecule is COC(=O)c1ccccc1C(=O)N(Cc1ccccc1)c1nc2c(OC)ccc(Cl)c2s1. The largest absolute Gasteiger partial charge is 0.494 e. The summed E-state index contributed by atoms with van der Waals surface area (Å²) in [5.41, 5.74) is 1.91. The van der Waals surface area contributed by atoms with Crippen molar-refractivity contribution in [1.82, 2.24) is 4.98 Å². The van der Waals surface area contributed by atoms with Gasteiger partial charge in [0.1, 0.15) is 11.3 Å². The summed E-state index contributed by atoms with van der Waals surface area (Å²) < 4.78 is 11.0. The zero-order valence-corrected chi connectivity index (χ0v) is 18.9. The van der Waals surface area contributed by atoms with Gasteiger partial charge in [0.2, 0.25) is 0 Å². The second-order valence-electron chi connectivity index (χ2n) is 6.84. The number of nitrogens with zero attached hydrogens (tertiary/aromatic N) is 2. The number of anilines is 1. The summed E-state index contributed by atoms with van der Waals surface area (Å²) in [6.45, 7) is 0.259. The average Bonchev–Trinajstić information content (AvgIpc) is 3.28. The molecule has 0 aliphatic rings. The Bertz CT molecular complexity index is 1290. The molecule has 3 aromatic carbocycles. The number of esters is 1. The van der Waals surface area contributed by atoms with Crippen LogP contribution in [0.1, 0.15) is 26.3 Å². The Hall–Kier alpha value is -3.42. The first-order chi connectivity index (χ1) is 15.5. The molecule has 8 heteroatoms. The van der Waals surface area contributed by atoms with E-state index in [0.717, 1.165) is 5.56 Å². The Morgan fingerprint density at radius 2 is 1.66 bits per heavy atom. The van der Waals surface area contributed by atoms with Gasteiger partial charge in [0, 0.05) is 0 Å². The lowest BCUT2D eigenvalue weighted by Gasteiger charge is -2.21. The van der Waals surface area contributed by atoms with Crippen LogP contribution in [0.2, 0.25) is 5.02 Å². The van der Waals surface area contributed by atoms with E-state index in [-0.39, 0.29) is 23.6 Å². The highest BCUT2D eigenvalue weighted by atomic mass is 35.5. The zero-order chi connectivity index (χ0) is 22.7. The molecule has 0 N–H and O–H groups in total.